The summed E-state index contributed by atoms with van der Waals surface area (Å²) in [5.74, 6) is 1.27. The molecule has 3 heterocycles. The average Bonchev–Trinajstić information content (AvgIpc) is 3.30. The van der Waals surface area contributed by atoms with Crippen molar-refractivity contribution in [2.75, 3.05) is 58.1 Å². The molecule has 0 bridgehead atoms. The Kier molecular flexibility index (Phi) is 9.75. The van der Waals surface area contributed by atoms with Gasteiger partial charge in [-0.2, -0.15) is 8.42 Å². The Hall–Kier alpha value is -2.81. The smallest absolute Gasteiger partial charge is 0.261 e. The van der Waals surface area contributed by atoms with Crippen LogP contribution in [-0.4, -0.2) is 92.9 Å². The summed E-state index contributed by atoms with van der Waals surface area (Å²) in [4.78, 5) is 11.0. The van der Waals surface area contributed by atoms with Crippen LogP contribution in [0, 0.1) is 5.82 Å². The van der Waals surface area contributed by atoms with Gasteiger partial charge in [0.2, 0.25) is 0 Å². The largest absolute Gasteiger partial charge is 0.493 e. The molecule has 2 saturated heterocycles. The van der Waals surface area contributed by atoms with E-state index < -0.39 is 15.9 Å². The summed E-state index contributed by atoms with van der Waals surface area (Å²) in [5, 5.41) is 3.96. The van der Waals surface area contributed by atoms with Crippen LogP contribution in [-0.2, 0) is 19.6 Å². The third kappa shape index (κ3) is 8.34. The lowest BCUT2D eigenvalue weighted by atomic mass is 10.2. The molecule has 2 aliphatic rings. The number of nitrogens with one attached hydrogen (secondary N) is 1. The fourth-order valence-corrected chi connectivity index (χ4v) is 4.52. The number of hydrogen-bond acceptors (Lipinski definition) is 10. The molecule has 0 amide bonds. The number of fused-ring (bicyclic) bond motifs is 2. The fraction of sp³-hybridized carbons (Fsp3) is 0.440. The Morgan fingerprint density at radius 1 is 1.15 bits per heavy atom. The Balaban J connectivity index is 0.000000648. The molecular formula is C25H30ClFN4O7S. The van der Waals surface area contributed by atoms with Crippen molar-refractivity contribution in [3.63, 3.8) is 0 Å². The molecule has 0 spiro atoms. The molecule has 0 saturated carbocycles. The summed E-state index contributed by atoms with van der Waals surface area (Å²) < 4.78 is 62.6. The number of hydrogen-bond donors (Lipinski definition) is 2. The molecule has 0 unspecified atom stereocenters. The minimum Gasteiger partial charge on any atom is -0.493 e. The van der Waals surface area contributed by atoms with Crippen molar-refractivity contribution >= 4 is 44.1 Å². The number of aromatic nitrogens is 2. The summed E-state index contributed by atoms with van der Waals surface area (Å²) in [6, 6.07) is 8.08. The lowest BCUT2D eigenvalue weighted by Gasteiger charge is -2.24. The Morgan fingerprint density at radius 3 is 2.49 bits per heavy atom. The number of ether oxygens (including phenoxy) is 4. The Morgan fingerprint density at radius 2 is 1.85 bits per heavy atom. The second-order valence-electron chi connectivity index (χ2n) is 9.01. The van der Waals surface area contributed by atoms with E-state index in [1.165, 1.54) is 18.5 Å². The van der Waals surface area contributed by atoms with Gasteiger partial charge >= 0.3 is 0 Å². The van der Waals surface area contributed by atoms with Gasteiger partial charge in [0.1, 0.15) is 18.0 Å². The van der Waals surface area contributed by atoms with Crippen LogP contribution in [0.4, 0.5) is 15.9 Å². The molecule has 3 aromatic rings. The second-order valence-corrected chi connectivity index (χ2v) is 10.9. The third-order valence-electron chi connectivity index (χ3n) is 6.02. The quantitative estimate of drug-likeness (QED) is 0.297. The number of likely N-dealkylation sites (tertiary alicyclic amines) is 1. The van der Waals surface area contributed by atoms with Gasteiger partial charge in [-0.1, -0.05) is 11.6 Å². The van der Waals surface area contributed by atoms with Crippen molar-refractivity contribution in [3.8, 4) is 11.5 Å². The zero-order chi connectivity index (χ0) is 28.0. The monoisotopic (exact) mass is 584 g/mol. The predicted molar refractivity (Wildman–Crippen MR) is 144 cm³/mol. The maximum Gasteiger partial charge on any atom is 0.261 e. The zero-order valence-electron chi connectivity index (χ0n) is 21.5. The number of anilines is 2. The van der Waals surface area contributed by atoms with Crippen LogP contribution in [0.3, 0.4) is 0 Å². The van der Waals surface area contributed by atoms with Gasteiger partial charge in [0.05, 0.1) is 55.9 Å². The SMILES string of the molecule is COc1cc2ncnc(Nc3ccc(F)c(Cl)c3)c2cc1OCCCN1C[C@@H]2OCCO[C@@H]2C1.CS(=O)(=O)O. The summed E-state index contributed by atoms with van der Waals surface area (Å²) in [5.41, 5.74) is 1.30. The lowest BCUT2D eigenvalue weighted by Crippen LogP contribution is -2.36. The molecule has 2 atom stereocenters. The molecule has 5 rings (SSSR count). The molecule has 2 aromatic carbocycles. The summed E-state index contributed by atoms with van der Waals surface area (Å²) >= 11 is 5.91. The number of benzene rings is 2. The van der Waals surface area contributed by atoms with Crippen LogP contribution in [0.1, 0.15) is 6.42 Å². The first kappa shape index (κ1) is 29.2. The molecule has 0 aliphatic carbocycles. The van der Waals surface area contributed by atoms with Gasteiger partial charge in [-0.25, -0.2) is 14.4 Å². The highest BCUT2D eigenvalue weighted by Crippen LogP contribution is 2.35. The van der Waals surface area contributed by atoms with E-state index in [0.717, 1.165) is 31.4 Å². The molecule has 212 valence electrons. The van der Waals surface area contributed by atoms with Gasteiger partial charge in [0.25, 0.3) is 10.1 Å². The van der Waals surface area contributed by atoms with Crippen LogP contribution >= 0.6 is 11.6 Å². The van der Waals surface area contributed by atoms with Gasteiger partial charge in [0, 0.05) is 36.8 Å². The first-order valence-electron chi connectivity index (χ1n) is 12.2. The maximum absolute atomic E-state index is 13.5. The number of halogens is 2. The standard InChI is InChI=1S/C24H26ClFN4O4.CH4O3S/c1-31-20-11-19-16(24(28-14-27-19)29-15-3-4-18(26)17(25)9-15)10-21(20)32-6-2-5-30-12-22-23(13-30)34-8-7-33-22;1-5(2,3)4/h3-4,9-11,14,22-23H,2,5-8,12-13H2,1H3,(H,27,28,29);1H3,(H,2,3,4)/t22-,23+;. The minimum absolute atomic E-state index is 0.0319. The number of nitrogens with zero attached hydrogens (tertiary/aromatic N) is 3. The van der Waals surface area contributed by atoms with Crippen LogP contribution in [0.25, 0.3) is 10.9 Å². The molecular weight excluding hydrogens is 555 g/mol. The number of methoxy groups -OCH3 is 1. The predicted octanol–water partition coefficient (Wildman–Crippen LogP) is 3.55. The molecule has 39 heavy (non-hydrogen) atoms. The first-order chi connectivity index (χ1) is 18.6. The third-order valence-corrected chi connectivity index (χ3v) is 6.31. The molecule has 11 nitrogen and oxygen atoms in total. The van der Waals surface area contributed by atoms with E-state index in [2.05, 4.69) is 20.2 Å². The highest BCUT2D eigenvalue weighted by atomic mass is 35.5. The van der Waals surface area contributed by atoms with Crippen molar-refractivity contribution in [2.45, 2.75) is 18.6 Å². The first-order valence-corrected chi connectivity index (χ1v) is 14.4. The van der Waals surface area contributed by atoms with E-state index in [1.54, 1.807) is 13.2 Å². The van der Waals surface area contributed by atoms with E-state index in [1.807, 2.05) is 12.1 Å². The minimum atomic E-state index is -3.67. The summed E-state index contributed by atoms with van der Waals surface area (Å²) in [6.07, 6.45) is 3.38. The summed E-state index contributed by atoms with van der Waals surface area (Å²) in [6.45, 7) is 4.56. The Bertz CT molecular complexity index is 1380. The second kappa shape index (κ2) is 13.0. The van der Waals surface area contributed by atoms with Gasteiger partial charge in [-0.3, -0.25) is 9.45 Å². The normalized spacial score (nSPS) is 19.2. The van der Waals surface area contributed by atoms with E-state index in [-0.39, 0.29) is 17.2 Å². The van der Waals surface area contributed by atoms with Gasteiger partial charge in [0.15, 0.2) is 11.5 Å². The highest BCUT2D eigenvalue weighted by molar-refractivity contribution is 7.85. The van der Waals surface area contributed by atoms with Crippen LogP contribution in [0.15, 0.2) is 36.7 Å². The molecule has 2 fully saturated rings. The number of rotatable bonds is 8. The van der Waals surface area contributed by atoms with Gasteiger partial charge in [-0.05, 0) is 30.7 Å². The lowest BCUT2D eigenvalue weighted by molar-refractivity contribution is -0.116. The van der Waals surface area contributed by atoms with Crippen LogP contribution in [0.5, 0.6) is 11.5 Å². The van der Waals surface area contributed by atoms with Gasteiger partial charge < -0.3 is 24.3 Å². The summed E-state index contributed by atoms with van der Waals surface area (Å²) in [7, 11) is -2.07. The highest BCUT2D eigenvalue weighted by Gasteiger charge is 2.36. The molecule has 2 aliphatic heterocycles. The van der Waals surface area contributed by atoms with E-state index in [4.69, 9.17) is 35.1 Å². The van der Waals surface area contributed by atoms with Crippen LogP contribution < -0.4 is 14.8 Å². The molecule has 0 radical (unpaired) electrons. The maximum atomic E-state index is 13.5. The van der Waals surface area contributed by atoms with E-state index >= 15 is 0 Å². The van der Waals surface area contributed by atoms with Crippen molar-refractivity contribution in [2.24, 2.45) is 0 Å². The molecule has 14 heteroatoms. The molecule has 2 N–H and O–H groups in total. The van der Waals surface area contributed by atoms with E-state index in [0.29, 0.717) is 54.6 Å². The van der Waals surface area contributed by atoms with E-state index in [9.17, 15) is 12.8 Å². The van der Waals surface area contributed by atoms with Gasteiger partial charge in [-0.15, -0.1) is 0 Å². The van der Waals surface area contributed by atoms with Crippen molar-refractivity contribution in [1.29, 1.82) is 0 Å². The zero-order valence-corrected chi connectivity index (χ0v) is 23.0. The van der Waals surface area contributed by atoms with Crippen molar-refractivity contribution in [1.82, 2.24) is 14.9 Å². The van der Waals surface area contributed by atoms with Crippen molar-refractivity contribution < 1.29 is 36.3 Å². The molecule has 1 aromatic heterocycles. The van der Waals surface area contributed by atoms with Crippen molar-refractivity contribution in [3.05, 3.63) is 47.5 Å². The fourth-order valence-electron chi connectivity index (χ4n) is 4.34. The average molecular weight is 585 g/mol. The van der Waals surface area contributed by atoms with Crippen LogP contribution in [0.2, 0.25) is 5.02 Å². The topological polar surface area (TPSA) is 132 Å². The Labute approximate surface area is 230 Å².